The zero-order valence-corrected chi connectivity index (χ0v) is 13.9. The fourth-order valence-corrected chi connectivity index (χ4v) is 3.17. The molecule has 0 radical (unpaired) electrons. The molecule has 1 aliphatic rings. The van der Waals surface area contributed by atoms with Gasteiger partial charge in [0.15, 0.2) is 11.6 Å². The first-order valence-electron chi connectivity index (χ1n) is 8.73. The highest BCUT2D eigenvalue weighted by Gasteiger charge is 2.17. The minimum atomic E-state index is 0.0187. The number of hydrogen-bond acceptors (Lipinski definition) is 3. The second kappa shape index (κ2) is 8.48. The number of nitrogens with one attached hydrogen (secondary N) is 1. The predicted octanol–water partition coefficient (Wildman–Crippen LogP) is 4.57. The van der Waals surface area contributed by atoms with Crippen molar-refractivity contribution in [1.29, 1.82) is 0 Å². The molecule has 0 bridgehead atoms. The normalized spacial score (nSPS) is 14.5. The summed E-state index contributed by atoms with van der Waals surface area (Å²) in [5, 5.41) is 2.90. The first-order valence-corrected chi connectivity index (χ1v) is 8.73. The number of rotatable bonds is 7. The van der Waals surface area contributed by atoms with Crippen molar-refractivity contribution in [3.63, 3.8) is 0 Å². The second-order valence-corrected chi connectivity index (χ2v) is 6.36. The van der Waals surface area contributed by atoms with E-state index in [4.69, 9.17) is 4.74 Å². The summed E-state index contributed by atoms with van der Waals surface area (Å²) in [5.74, 6) is 1.85. The number of aromatic nitrogens is 1. The lowest BCUT2D eigenvalue weighted by molar-refractivity contribution is -0.116. The van der Waals surface area contributed by atoms with Crippen LogP contribution < -0.4 is 10.1 Å². The highest BCUT2D eigenvalue weighted by atomic mass is 16.5. The highest BCUT2D eigenvalue weighted by molar-refractivity contribution is 5.91. The van der Waals surface area contributed by atoms with Gasteiger partial charge in [-0.15, -0.1) is 0 Å². The average molecular weight is 324 g/mol. The van der Waals surface area contributed by atoms with Crippen LogP contribution in [0.15, 0.2) is 48.7 Å². The summed E-state index contributed by atoms with van der Waals surface area (Å²) in [4.78, 5) is 16.4. The van der Waals surface area contributed by atoms with Gasteiger partial charge in [0.25, 0.3) is 0 Å². The third-order valence-corrected chi connectivity index (χ3v) is 4.52. The van der Waals surface area contributed by atoms with Crippen LogP contribution >= 0.6 is 0 Å². The van der Waals surface area contributed by atoms with Crippen LogP contribution in [0, 0.1) is 5.92 Å². The van der Waals surface area contributed by atoms with Crippen LogP contribution in [0.25, 0.3) is 0 Å². The first-order chi connectivity index (χ1) is 11.8. The van der Waals surface area contributed by atoms with Crippen molar-refractivity contribution < 1.29 is 9.53 Å². The summed E-state index contributed by atoms with van der Waals surface area (Å²) in [6.07, 6.45) is 8.35. The van der Waals surface area contributed by atoms with Crippen LogP contribution in [0.4, 0.5) is 5.82 Å². The Labute approximate surface area is 143 Å². The lowest BCUT2D eigenvalue weighted by Gasteiger charge is -2.12. The minimum Gasteiger partial charge on any atom is -0.485 e. The van der Waals surface area contributed by atoms with E-state index in [1.165, 1.54) is 25.7 Å². The Morgan fingerprint density at radius 3 is 2.71 bits per heavy atom. The smallest absolute Gasteiger partial charge is 0.225 e. The molecule has 4 nitrogen and oxygen atoms in total. The number of benzene rings is 1. The van der Waals surface area contributed by atoms with Gasteiger partial charge in [-0.3, -0.25) is 4.79 Å². The Hall–Kier alpha value is -2.36. The molecule has 1 aromatic carbocycles. The molecule has 1 heterocycles. The minimum absolute atomic E-state index is 0.0187. The van der Waals surface area contributed by atoms with E-state index < -0.39 is 0 Å². The maximum atomic E-state index is 12.2. The van der Waals surface area contributed by atoms with Crippen LogP contribution in [0.1, 0.15) is 44.1 Å². The Kier molecular flexibility index (Phi) is 5.83. The van der Waals surface area contributed by atoms with Gasteiger partial charge >= 0.3 is 0 Å². The van der Waals surface area contributed by atoms with Crippen LogP contribution in [0.3, 0.4) is 0 Å². The van der Waals surface area contributed by atoms with Gasteiger partial charge in [-0.05, 0) is 30.0 Å². The summed E-state index contributed by atoms with van der Waals surface area (Å²) in [5.41, 5.74) is 1.08. The van der Waals surface area contributed by atoms with E-state index in [9.17, 15) is 4.79 Å². The fraction of sp³-hybridized carbons (Fsp3) is 0.400. The summed E-state index contributed by atoms with van der Waals surface area (Å²) in [7, 11) is 0. The van der Waals surface area contributed by atoms with E-state index in [0.29, 0.717) is 30.5 Å². The number of nitrogens with zero attached hydrogens (tertiary/aromatic N) is 1. The van der Waals surface area contributed by atoms with Gasteiger partial charge < -0.3 is 10.1 Å². The molecule has 4 heteroatoms. The Bertz CT molecular complexity index is 652. The maximum absolute atomic E-state index is 12.2. The molecule has 1 aliphatic carbocycles. The van der Waals surface area contributed by atoms with Gasteiger partial charge in [0.1, 0.15) is 6.61 Å². The van der Waals surface area contributed by atoms with Gasteiger partial charge in [0.2, 0.25) is 5.91 Å². The second-order valence-electron chi connectivity index (χ2n) is 6.36. The molecule has 1 aromatic heterocycles. The Balaban J connectivity index is 1.54. The molecular formula is C20H24N2O2. The Morgan fingerprint density at radius 1 is 1.12 bits per heavy atom. The number of anilines is 1. The lowest BCUT2D eigenvalue weighted by Crippen LogP contribution is -2.14. The van der Waals surface area contributed by atoms with Crippen molar-refractivity contribution in [3.05, 3.63) is 54.2 Å². The van der Waals surface area contributed by atoms with Crippen LogP contribution in [0.5, 0.6) is 5.75 Å². The third-order valence-electron chi connectivity index (χ3n) is 4.52. The van der Waals surface area contributed by atoms with E-state index in [0.717, 1.165) is 12.0 Å². The molecule has 0 unspecified atom stereocenters. The molecule has 3 rings (SSSR count). The van der Waals surface area contributed by atoms with Crippen molar-refractivity contribution >= 4 is 11.7 Å². The zero-order valence-electron chi connectivity index (χ0n) is 13.9. The fourth-order valence-electron chi connectivity index (χ4n) is 3.17. The van der Waals surface area contributed by atoms with E-state index in [-0.39, 0.29) is 5.91 Å². The number of hydrogen-bond donors (Lipinski definition) is 1. The lowest BCUT2D eigenvalue weighted by atomic mass is 10.0. The van der Waals surface area contributed by atoms with Gasteiger partial charge in [-0.25, -0.2) is 4.98 Å². The molecule has 126 valence electrons. The largest absolute Gasteiger partial charge is 0.485 e. The molecule has 0 saturated heterocycles. The topological polar surface area (TPSA) is 51.2 Å². The summed E-state index contributed by atoms with van der Waals surface area (Å²) < 4.78 is 5.82. The zero-order chi connectivity index (χ0) is 16.6. The van der Waals surface area contributed by atoms with Gasteiger partial charge in [-0.2, -0.15) is 0 Å². The van der Waals surface area contributed by atoms with Crippen LogP contribution in [0.2, 0.25) is 0 Å². The number of carbonyl (C=O) groups excluding carboxylic acids is 1. The van der Waals surface area contributed by atoms with E-state index in [1.807, 2.05) is 42.5 Å². The maximum Gasteiger partial charge on any atom is 0.225 e. The molecule has 2 aromatic rings. The van der Waals surface area contributed by atoms with Gasteiger partial charge in [0, 0.05) is 12.6 Å². The average Bonchev–Trinajstić information content (AvgIpc) is 3.14. The summed E-state index contributed by atoms with van der Waals surface area (Å²) >= 11 is 0. The van der Waals surface area contributed by atoms with Crippen LogP contribution in [-0.2, 0) is 11.4 Å². The SMILES string of the molecule is O=C(CCC1CCCC1)Nc1ncccc1OCc1ccccc1. The predicted molar refractivity (Wildman–Crippen MR) is 94.8 cm³/mol. The van der Waals surface area contributed by atoms with E-state index in [1.54, 1.807) is 6.20 Å². The van der Waals surface area contributed by atoms with E-state index >= 15 is 0 Å². The monoisotopic (exact) mass is 324 g/mol. The van der Waals surface area contributed by atoms with Crippen molar-refractivity contribution in [2.75, 3.05) is 5.32 Å². The highest BCUT2D eigenvalue weighted by Crippen LogP contribution is 2.29. The van der Waals surface area contributed by atoms with Crippen molar-refractivity contribution in [1.82, 2.24) is 4.98 Å². The van der Waals surface area contributed by atoms with Gasteiger partial charge in [0.05, 0.1) is 0 Å². The number of amides is 1. The number of ether oxygens (including phenoxy) is 1. The van der Waals surface area contributed by atoms with Crippen molar-refractivity contribution in [2.24, 2.45) is 5.92 Å². The number of pyridine rings is 1. The quantitative estimate of drug-likeness (QED) is 0.811. The molecule has 24 heavy (non-hydrogen) atoms. The first kappa shape index (κ1) is 16.5. The molecule has 1 fully saturated rings. The van der Waals surface area contributed by atoms with Crippen molar-refractivity contribution in [2.45, 2.75) is 45.1 Å². The van der Waals surface area contributed by atoms with E-state index in [2.05, 4.69) is 10.3 Å². The van der Waals surface area contributed by atoms with Crippen LogP contribution in [-0.4, -0.2) is 10.9 Å². The molecule has 0 atom stereocenters. The summed E-state index contributed by atoms with van der Waals surface area (Å²) in [6, 6.07) is 13.6. The molecule has 1 N–H and O–H groups in total. The molecule has 1 saturated carbocycles. The Morgan fingerprint density at radius 2 is 1.92 bits per heavy atom. The number of carbonyl (C=O) groups is 1. The molecular weight excluding hydrogens is 300 g/mol. The molecule has 1 amide bonds. The molecule has 0 spiro atoms. The van der Waals surface area contributed by atoms with Gasteiger partial charge in [-0.1, -0.05) is 56.0 Å². The standard InChI is InChI=1S/C20H24N2O2/c23-19(13-12-16-7-4-5-8-16)22-20-18(11-6-14-21-20)24-15-17-9-2-1-3-10-17/h1-3,6,9-11,14,16H,4-5,7-8,12-13,15H2,(H,21,22,23). The molecule has 0 aliphatic heterocycles. The summed E-state index contributed by atoms with van der Waals surface area (Å²) in [6.45, 7) is 0.456. The third kappa shape index (κ3) is 4.82. The van der Waals surface area contributed by atoms with Crippen molar-refractivity contribution in [3.8, 4) is 5.75 Å².